The van der Waals surface area contributed by atoms with Crippen molar-refractivity contribution in [1.29, 1.82) is 0 Å². The molecular weight excluding hydrogens is 290 g/mol. The minimum Gasteiger partial charge on any atom is -0.353 e. The van der Waals surface area contributed by atoms with Crippen LogP contribution in [0.2, 0.25) is 0 Å². The SMILES string of the molecule is CCCCCCCCC(=O)NC1CCCC1CBr. The maximum atomic E-state index is 11.8. The molecular formula is C15H28BrNO. The number of nitrogens with one attached hydrogen (secondary N) is 1. The van der Waals surface area contributed by atoms with Gasteiger partial charge in [-0.25, -0.2) is 0 Å². The molecule has 0 heterocycles. The summed E-state index contributed by atoms with van der Waals surface area (Å²) in [4.78, 5) is 11.8. The second-order valence-electron chi connectivity index (χ2n) is 5.54. The monoisotopic (exact) mass is 317 g/mol. The quantitative estimate of drug-likeness (QED) is 0.495. The second kappa shape index (κ2) is 9.82. The summed E-state index contributed by atoms with van der Waals surface area (Å²) in [5.74, 6) is 0.918. The molecule has 3 heteroatoms. The van der Waals surface area contributed by atoms with Crippen molar-refractivity contribution < 1.29 is 4.79 Å². The molecule has 0 aromatic carbocycles. The molecule has 2 unspecified atom stereocenters. The number of unbranched alkanes of at least 4 members (excludes halogenated alkanes) is 5. The van der Waals surface area contributed by atoms with Crippen LogP contribution in [-0.2, 0) is 4.79 Å². The van der Waals surface area contributed by atoms with Crippen LogP contribution in [0.4, 0.5) is 0 Å². The van der Waals surface area contributed by atoms with Crippen molar-refractivity contribution in [2.24, 2.45) is 5.92 Å². The van der Waals surface area contributed by atoms with E-state index in [1.165, 1.54) is 51.4 Å². The van der Waals surface area contributed by atoms with E-state index in [1.807, 2.05) is 0 Å². The van der Waals surface area contributed by atoms with Gasteiger partial charge in [0.05, 0.1) is 0 Å². The molecule has 1 N–H and O–H groups in total. The Bertz CT molecular complexity index is 233. The standard InChI is InChI=1S/C15H28BrNO/c1-2-3-4-5-6-7-11-15(18)17-14-10-8-9-13(14)12-16/h13-14H,2-12H2,1H3,(H,17,18). The van der Waals surface area contributed by atoms with Crippen LogP contribution in [0.25, 0.3) is 0 Å². The second-order valence-corrected chi connectivity index (χ2v) is 6.18. The van der Waals surface area contributed by atoms with E-state index < -0.39 is 0 Å². The highest BCUT2D eigenvalue weighted by Crippen LogP contribution is 2.27. The summed E-state index contributed by atoms with van der Waals surface area (Å²) in [6.45, 7) is 2.23. The number of alkyl halides is 1. The normalized spacial score (nSPS) is 23.2. The van der Waals surface area contributed by atoms with Crippen LogP contribution in [0.5, 0.6) is 0 Å². The fraction of sp³-hybridized carbons (Fsp3) is 0.933. The zero-order valence-electron chi connectivity index (χ0n) is 11.7. The largest absolute Gasteiger partial charge is 0.353 e. The third-order valence-electron chi connectivity index (χ3n) is 3.96. The third-order valence-corrected chi connectivity index (χ3v) is 4.79. The maximum Gasteiger partial charge on any atom is 0.220 e. The summed E-state index contributed by atoms with van der Waals surface area (Å²) in [7, 11) is 0. The summed E-state index contributed by atoms with van der Waals surface area (Å²) in [5, 5.41) is 4.24. The molecule has 1 aliphatic carbocycles. The topological polar surface area (TPSA) is 29.1 Å². The van der Waals surface area contributed by atoms with Gasteiger partial charge < -0.3 is 5.32 Å². The molecule has 0 saturated heterocycles. The first-order valence-corrected chi connectivity index (χ1v) is 8.75. The highest BCUT2D eigenvalue weighted by atomic mass is 79.9. The lowest BCUT2D eigenvalue weighted by Gasteiger charge is -2.18. The first-order valence-electron chi connectivity index (χ1n) is 7.63. The van der Waals surface area contributed by atoms with Gasteiger partial charge in [0, 0.05) is 17.8 Å². The molecule has 1 fully saturated rings. The Balaban J connectivity index is 2.03. The lowest BCUT2D eigenvalue weighted by molar-refractivity contribution is -0.122. The Hall–Kier alpha value is -0.0500. The zero-order valence-corrected chi connectivity index (χ0v) is 13.3. The third kappa shape index (κ3) is 6.21. The molecule has 2 nitrogen and oxygen atoms in total. The van der Waals surface area contributed by atoms with E-state index in [9.17, 15) is 4.79 Å². The Morgan fingerprint density at radius 2 is 1.89 bits per heavy atom. The lowest BCUT2D eigenvalue weighted by Crippen LogP contribution is -2.37. The van der Waals surface area contributed by atoms with E-state index in [2.05, 4.69) is 28.2 Å². The van der Waals surface area contributed by atoms with E-state index in [1.54, 1.807) is 0 Å². The molecule has 0 aromatic rings. The van der Waals surface area contributed by atoms with Gasteiger partial charge in [0.25, 0.3) is 0 Å². The highest BCUT2D eigenvalue weighted by Gasteiger charge is 2.27. The molecule has 106 valence electrons. The molecule has 0 aliphatic heterocycles. The van der Waals surface area contributed by atoms with E-state index >= 15 is 0 Å². The van der Waals surface area contributed by atoms with Crippen LogP contribution in [0, 0.1) is 5.92 Å². The van der Waals surface area contributed by atoms with Crippen molar-refractivity contribution >= 4 is 21.8 Å². The van der Waals surface area contributed by atoms with Crippen molar-refractivity contribution in [3.05, 3.63) is 0 Å². The number of amides is 1. The molecule has 1 aliphatic rings. The van der Waals surface area contributed by atoms with Gasteiger partial charge in [-0.15, -0.1) is 0 Å². The van der Waals surface area contributed by atoms with Gasteiger partial charge >= 0.3 is 0 Å². The van der Waals surface area contributed by atoms with E-state index in [0.29, 0.717) is 12.0 Å². The van der Waals surface area contributed by atoms with Gasteiger partial charge in [0.1, 0.15) is 0 Å². The summed E-state index contributed by atoms with van der Waals surface area (Å²) >= 11 is 3.54. The predicted molar refractivity (Wildman–Crippen MR) is 81.1 cm³/mol. The molecule has 18 heavy (non-hydrogen) atoms. The van der Waals surface area contributed by atoms with Crippen molar-refractivity contribution in [3.63, 3.8) is 0 Å². The minimum absolute atomic E-state index is 0.267. The number of hydrogen-bond donors (Lipinski definition) is 1. The molecule has 0 radical (unpaired) electrons. The van der Waals surface area contributed by atoms with E-state index in [4.69, 9.17) is 0 Å². The molecule has 2 atom stereocenters. The molecule has 0 spiro atoms. The first-order chi connectivity index (χ1) is 8.77. The molecule has 0 aromatic heterocycles. The van der Waals surface area contributed by atoms with Crippen LogP contribution < -0.4 is 5.32 Å². The Morgan fingerprint density at radius 3 is 2.61 bits per heavy atom. The van der Waals surface area contributed by atoms with Gasteiger partial charge in [-0.1, -0.05) is 61.4 Å². The fourth-order valence-electron chi connectivity index (χ4n) is 2.76. The van der Waals surface area contributed by atoms with Gasteiger partial charge in [-0.3, -0.25) is 4.79 Å². The van der Waals surface area contributed by atoms with Crippen molar-refractivity contribution in [3.8, 4) is 0 Å². The molecule has 1 rings (SSSR count). The van der Waals surface area contributed by atoms with Crippen LogP contribution in [-0.4, -0.2) is 17.3 Å². The first kappa shape index (κ1) is 16.0. The van der Waals surface area contributed by atoms with Crippen LogP contribution in [0.1, 0.15) is 71.1 Å². The maximum absolute atomic E-state index is 11.8. The molecule has 1 saturated carbocycles. The van der Waals surface area contributed by atoms with E-state index in [0.717, 1.165) is 18.2 Å². The smallest absolute Gasteiger partial charge is 0.220 e. The summed E-state index contributed by atoms with van der Waals surface area (Å²) in [5.41, 5.74) is 0. The van der Waals surface area contributed by atoms with Gasteiger partial charge in [-0.05, 0) is 25.2 Å². The van der Waals surface area contributed by atoms with Crippen molar-refractivity contribution in [1.82, 2.24) is 5.32 Å². The molecule has 1 amide bonds. The number of rotatable bonds is 9. The summed E-state index contributed by atoms with van der Waals surface area (Å²) < 4.78 is 0. The Kier molecular flexibility index (Phi) is 8.74. The predicted octanol–water partition coefficient (Wildman–Crippen LogP) is 4.42. The number of halogens is 1. The van der Waals surface area contributed by atoms with Crippen LogP contribution >= 0.6 is 15.9 Å². The van der Waals surface area contributed by atoms with Crippen molar-refractivity contribution in [2.45, 2.75) is 77.2 Å². The number of hydrogen-bond acceptors (Lipinski definition) is 1. The van der Waals surface area contributed by atoms with Crippen LogP contribution in [0.3, 0.4) is 0 Å². The Morgan fingerprint density at radius 1 is 1.17 bits per heavy atom. The molecule has 0 bridgehead atoms. The minimum atomic E-state index is 0.267. The Labute approximate surface area is 120 Å². The number of carbonyl (C=O) groups excluding carboxylic acids is 1. The summed E-state index contributed by atoms with van der Waals surface area (Å²) in [6, 6.07) is 0.428. The lowest BCUT2D eigenvalue weighted by atomic mass is 10.1. The van der Waals surface area contributed by atoms with Gasteiger partial charge in [0.15, 0.2) is 0 Å². The van der Waals surface area contributed by atoms with Crippen LogP contribution in [0.15, 0.2) is 0 Å². The van der Waals surface area contributed by atoms with E-state index in [-0.39, 0.29) is 5.91 Å². The summed E-state index contributed by atoms with van der Waals surface area (Å²) in [6.07, 6.45) is 11.9. The average molecular weight is 318 g/mol. The average Bonchev–Trinajstić information content (AvgIpc) is 2.80. The van der Waals surface area contributed by atoms with Gasteiger partial charge in [-0.2, -0.15) is 0 Å². The zero-order chi connectivity index (χ0) is 13.2. The fourth-order valence-corrected chi connectivity index (χ4v) is 3.53. The van der Waals surface area contributed by atoms with Gasteiger partial charge in [0.2, 0.25) is 5.91 Å². The highest BCUT2D eigenvalue weighted by molar-refractivity contribution is 9.09. The number of carbonyl (C=O) groups is 1. The van der Waals surface area contributed by atoms with Crippen molar-refractivity contribution in [2.75, 3.05) is 5.33 Å².